The minimum absolute atomic E-state index is 0.367. The zero-order chi connectivity index (χ0) is 13.0. The van der Waals surface area contributed by atoms with Gasteiger partial charge in [-0.05, 0) is 39.0 Å². The van der Waals surface area contributed by atoms with Gasteiger partial charge in [-0.3, -0.25) is 0 Å². The van der Waals surface area contributed by atoms with Crippen molar-refractivity contribution in [2.24, 2.45) is 0 Å². The number of hydrogen-bond acceptors (Lipinski definition) is 2. The minimum Gasteiger partial charge on any atom is -0.389 e. The van der Waals surface area contributed by atoms with E-state index in [0.29, 0.717) is 6.04 Å². The molecule has 94 valence electrons. The summed E-state index contributed by atoms with van der Waals surface area (Å²) in [5, 5.41) is 9.85. The number of anilines is 1. The molecule has 0 bridgehead atoms. The summed E-state index contributed by atoms with van der Waals surface area (Å²) in [5.74, 6) is 0. The van der Waals surface area contributed by atoms with Gasteiger partial charge in [0.1, 0.15) is 0 Å². The van der Waals surface area contributed by atoms with Gasteiger partial charge in [0, 0.05) is 28.3 Å². The zero-order valence-electron chi connectivity index (χ0n) is 10.7. The summed E-state index contributed by atoms with van der Waals surface area (Å²) in [6.07, 6.45) is 1.40. The van der Waals surface area contributed by atoms with Crippen molar-refractivity contribution in [2.45, 2.75) is 32.9 Å². The molecule has 0 aromatic heterocycles. The molecule has 0 aliphatic carbocycles. The first kappa shape index (κ1) is 14.3. The van der Waals surface area contributed by atoms with Crippen molar-refractivity contribution >= 4 is 21.6 Å². The van der Waals surface area contributed by atoms with Crippen molar-refractivity contribution < 1.29 is 5.11 Å². The van der Waals surface area contributed by atoms with E-state index in [2.05, 4.69) is 41.3 Å². The van der Waals surface area contributed by atoms with Crippen molar-refractivity contribution in [2.75, 3.05) is 11.4 Å². The van der Waals surface area contributed by atoms with Gasteiger partial charge in [-0.1, -0.05) is 22.0 Å². The van der Waals surface area contributed by atoms with Crippen LogP contribution in [0.15, 0.2) is 35.3 Å². The first-order valence-electron chi connectivity index (χ1n) is 5.82. The molecule has 0 saturated heterocycles. The zero-order valence-corrected chi connectivity index (χ0v) is 12.2. The molecule has 3 heteroatoms. The molecule has 1 unspecified atom stereocenters. The van der Waals surface area contributed by atoms with E-state index in [1.54, 1.807) is 6.92 Å². The molecule has 0 fully saturated rings. The maximum atomic E-state index is 9.85. The summed E-state index contributed by atoms with van der Waals surface area (Å²) in [6, 6.07) is 6.38. The first-order chi connectivity index (χ1) is 7.97. The predicted molar refractivity (Wildman–Crippen MR) is 77.5 cm³/mol. The summed E-state index contributed by atoms with van der Waals surface area (Å²) in [7, 11) is 0. The standard InChI is InChI=1S/C14H20BrNO/c1-5-8-16(10(2)3)14-7-6-12(15)9-13(14)11(4)17/h5-7,9-11,17H,1,8H2,2-4H3. The van der Waals surface area contributed by atoms with Gasteiger partial charge in [-0.15, -0.1) is 6.58 Å². The maximum Gasteiger partial charge on any atom is 0.0782 e. The van der Waals surface area contributed by atoms with Crippen LogP contribution >= 0.6 is 15.9 Å². The van der Waals surface area contributed by atoms with Gasteiger partial charge in [0.2, 0.25) is 0 Å². The van der Waals surface area contributed by atoms with E-state index in [4.69, 9.17) is 0 Å². The molecule has 17 heavy (non-hydrogen) atoms. The van der Waals surface area contributed by atoms with Crippen LogP contribution in [0.5, 0.6) is 0 Å². The molecule has 0 radical (unpaired) electrons. The smallest absolute Gasteiger partial charge is 0.0782 e. The highest BCUT2D eigenvalue weighted by Crippen LogP contribution is 2.30. The second-order valence-electron chi connectivity index (χ2n) is 4.41. The molecular weight excluding hydrogens is 278 g/mol. The van der Waals surface area contributed by atoms with Crippen LogP contribution in [0, 0.1) is 0 Å². The van der Waals surface area contributed by atoms with Gasteiger partial charge >= 0.3 is 0 Å². The second-order valence-corrected chi connectivity index (χ2v) is 5.33. The van der Waals surface area contributed by atoms with Crippen LogP contribution in [0.2, 0.25) is 0 Å². The molecule has 1 atom stereocenters. The Morgan fingerprint density at radius 1 is 1.41 bits per heavy atom. The molecule has 0 heterocycles. The number of benzene rings is 1. The van der Waals surface area contributed by atoms with Crippen LogP contribution in [-0.4, -0.2) is 17.7 Å². The van der Waals surface area contributed by atoms with E-state index < -0.39 is 6.10 Å². The van der Waals surface area contributed by atoms with Gasteiger partial charge < -0.3 is 10.0 Å². The van der Waals surface area contributed by atoms with Crippen molar-refractivity contribution in [1.82, 2.24) is 0 Å². The Kier molecular flexibility index (Phi) is 5.22. The quantitative estimate of drug-likeness (QED) is 0.833. The van der Waals surface area contributed by atoms with Crippen LogP contribution in [0.4, 0.5) is 5.69 Å². The molecular formula is C14H20BrNO. The molecule has 1 rings (SSSR count). The van der Waals surface area contributed by atoms with Crippen molar-refractivity contribution in [3.8, 4) is 0 Å². The van der Waals surface area contributed by atoms with Gasteiger partial charge in [0.05, 0.1) is 6.10 Å². The summed E-state index contributed by atoms with van der Waals surface area (Å²) in [5.41, 5.74) is 2.01. The number of hydrogen-bond donors (Lipinski definition) is 1. The summed E-state index contributed by atoms with van der Waals surface area (Å²) in [6.45, 7) is 10.6. The van der Waals surface area contributed by atoms with Crippen molar-refractivity contribution in [3.63, 3.8) is 0 Å². The normalized spacial score (nSPS) is 12.6. The van der Waals surface area contributed by atoms with Crippen molar-refractivity contribution in [3.05, 3.63) is 40.9 Å². The van der Waals surface area contributed by atoms with Gasteiger partial charge in [0.15, 0.2) is 0 Å². The van der Waals surface area contributed by atoms with Crippen LogP contribution in [0.1, 0.15) is 32.4 Å². The average molecular weight is 298 g/mol. The molecule has 0 amide bonds. The number of nitrogens with zero attached hydrogens (tertiary/aromatic N) is 1. The average Bonchev–Trinajstić information content (AvgIpc) is 2.26. The first-order valence-corrected chi connectivity index (χ1v) is 6.61. The van der Waals surface area contributed by atoms with Gasteiger partial charge in [0.25, 0.3) is 0 Å². The maximum absolute atomic E-state index is 9.85. The fourth-order valence-corrected chi connectivity index (χ4v) is 2.23. The Labute approximate surface area is 112 Å². The molecule has 0 aliphatic heterocycles. The van der Waals surface area contributed by atoms with E-state index in [1.165, 1.54) is 0 Å². The van der Waals surface area contributed by atoms with Crippen LogP contribution in [-0.2, 0) is 0 Å². The van der Waals surface area contributed by atoms with E-state index in [9.17, 15) is 5.11 Å². The van der Waals surface area contributed by atoms with Crippen molar-refractivity contribution in [1.29, 1.82) is 0 Å². The highest BCUT2D eigenvalue weighted by Gasteiger charge is 2.16. The fraction of sp³-hybridized carbons (Fsp3) is 0.429. The highest BCUT2D eigenvalue weighted by atomic mass is 79.9. The summed E-state index contributed by atoms with van der Waals surface area (Å²) >= 11 is 3.44. The Morgan fingerprint density at radius 2 is 2.06 bits per heavy atom. The number of aliphatic hydroxyl groups excluding tert-OH is 1. The number of halogens is 1. The predicted octanol–water partition coefficient (Wildman–Crippen LogP) is 3.90. The molecule has 1 N–H and O–H groups in total. The molecule has 0 spiro atoms. The van der Waals surface area contributed by atoms with Crippen LogP contribution < -0.4 is 4.90 Å². The Hall–Kier alpha value is -0.800. The van der Waals surface area contributed by atoms with E-state index in [1.807, 2.05) is 24.3 Å². The molecule has 0 aliphatic rings. The van der Waals surface area contributed by atoms with E-state index in [0.717, 1.165) is 22.3 Å². The van der Waals surface area contributed by atoms with Gasteiger partial charge in [-0.2, -0.15) is 0 Å². The van der Waals surface area contributed by atoms with Crippen LogP contribution in [0.25, 0.3) is 0 Å². The lowest BCUT2D eigenvalue weighted by molar-refractivity contribution is 0.199. The third kappa shape index (κ3) is 3.58. The monoisotopic (exact) mass is 297 g/mol. The highest BCUT2D eigenvalue weighted by molar-refractivity contribution is 9.10. The lowest BCUT2D eigenvalue weighted by atomic mass is 10.1. The number of aliphatic hydroxyl groups is 1. The third-order valence-electron chi connectivity index (χ3n) is 2.70. The molecule has 2 nitrogen and oxygen atoms in total. The minimum atomic E-state index is -0.478. The Bertz CT molecular complexity index is 388. The molecule has 0 saturated carbocycles. The molecule has 1 aromatic rings. The fourth-order valence-electron chi connectivity index (χ4n) is 1.85. The SMILES string of the molecule is C=CCN(c1ccc(Br)cc1C(C)O)C(C)C. The lowest BCUT2D eigenvalue weighted by Gasteiger charge is -2.30. The van der Waals surface area contributed by atoms with E-state index >= 15 is 0 Å². The van der Waals surface area contributed by atoms with Gasteiger partial charge in [-0.25, -0.2) is 0 Å². The second kappa shape index (κ2) is 6.22. The topological polar surface area (TPSA) is 23.5 Å². The summed E-state index contributed by atoms with van der Waals surface area (Å²) in [4.78, 5) is 2.22. The number of rotatable bonds is 5. The third-order valence-corrected chi connectivity index (χ3v) is 3.19. The van der Waals surface area contributed by atoms with E-state index in [-0.39, 0.29) is 0 Å². The van der Waals surface area contributed by atoms with Crippen LogP contribution in [0.3, 0.4) is 0 Å². The Morgan fingerprint density at radius 3 is 2.53 bits per heavy atom. The molecule has 1 aromatic carbocycles. The summed E-state index contributed by atoms with van der Waals surface area (Å²) < 4.78 is 0.986. The largest absolute Gasteiger partial charge is 0.389 e. The lowest BCUT2D eigenvalue weighted by Crippen LogP contribution is -2.31. The Balaban J connectivity index is 3.21.